The zero-order valence-electron chi connectivity index (χ0n) is 17.4. The van der Waals surface area contributed by atoms with Gasteiger partial charge in [0.2, 0.25) is 0 Å². The summed E-state index contributed by atoms with van der Waals surface area (Å²) < 4.78 is 48.5. The van der Waals surface area contributed by atoms with E-state index >= 15 is 0 Å². The van der Waals surface area contributed by atoms with Gasteiger partial charge in [-0.3, -0.25) is 0 Å². The standard InChI is InChI=1S/C25H24F3NO2/c1-29(2)16-17-31-22-14-10-19(11-15-22)23(18-8-12-21(30)13-9-18)24(25(26,27)28)20-6-4-3-5-7-20/h3-15,30H,16-17H2,1-2H3/b24-23-. The maximum Gasteiger partial charge on any atom is 0.417 e. The fourth-order valence-corrected chi connectivity index (χ4v) is 3.20. The molecule has 6 heteroatoms. The molecule has 3 rings (SSSR count). The fraction of sp³-hybridized carbons (Fsp3) is 0.200. The van der Waals surface area contributed by atoms with E-state index in [2.05, 4.69) is 0 Å². The molecule has 0 spiro atoms. The quantitative estimate of drug-likeness (QED) is 0.480. The number of nitrogens with zero attached hydrogens (tertiary/aromatic N) is 1. The maximum atomic E-state index is 14.3. The number of phenolic OH excluding ortho intramolecular Hbond substituents is 1. The molecular formula is C25H24F3NO2. The number of likely N-dealkylation sites (N-methyl/N-ethyl adjacent to an activating group) is 1. The van der Waals surface area contributed by atoms with Crippen LogP contribution in [0.2, 0.25) is 0 Å². The molecule has 0 atom stereocenters. The number of halogens is 3. The van der Waals surface area contributed by atoms with E-state index in [4.69, 9.17) is 4.74 Å². The number of rotatable bonds is 7. The van der Waals surface area contributed by atoms with E-state index in [1.165, 1.54) is 36.4 Å². The van der Waals surface area contributed by atoms with Crippen LogP contribution in [0.15, 0.2) is 78.9 Å². The molecule has 0 aliphatic rings. The highest BCUT2D eigenvalue weighted by atomic mass is 19.4. The minimum Gasteiger partial charge on any atom is -0.508 e. The first kappa shape index (κ1) is 22.4. The summed E-state index contributed by atoms with van der Waals surface area (Å²) in [6, 6.07) is 20.1. The Kier molecular flexibility index (Phi) is 7.02. The summed E-state index contributed by atoms with van der Waals surface area (Å²) in [4.78, 5) is 1.98. The molecule has 0 unspecified atom stereocenters. The van der Waals surface area contributed by atoms with Crippen LogP contribution in [0, 0.1) is 0 Å². The maximum absolute atomic E-state index is 14.3. The van der Waals surface area contributed by atoms with E-state index in [1.807, 2.05) is 19.0 Å². The molecule has 31 heavy (non-hydrogen) atoms. The fourth-order valence-electron chi connectivity index (χ4n) is 3.20. The minimum absolute atomic E-state index is 0.0130. The first-order chi connectivity index (χ1) is 14.8. The van der Waals surface area contributed by atoms with Gasteiger partial charge >= 0.3 is 6.18 Å². The van der Waals surface area contributed by atoms with Gasteiger partial charge in [0.1, 0.15) is 18.1 Å². The lowest BCUT2D eigenvalue weighted by Gasteiger charge is -2.20. The lowest BCUT2D eigenvalue weighted by molar-refractivity contribution is -0.0685. The van der Waals surface area contributed by atoms with E-state index < -0.39 is 11.7 Å². The third kappa shape index (κ3) is 5.89. The number of alkyl halides is 3. The summed E-state index contributed by atoms with van der Waals surface area (Å²) in [5.74, 6) is 0.574. The Labute approximate surface area is 180 Å². The number of allylic oxidation sites excluding steroid dienone is 1. The molecule has 0 aliphatic heterocycles. The summed E-state index contributed by atoms with van der Waals surface area (Å²) in [5.41, 5.74) is 0.139. The summed E-state index contributed by atoms with van der Waals surface area (Å²) >= 11 is 0. The van der Waals surface area contributed by atoms with E-state index in [9.17, 15) is 18.3 Å². The summed E-state index contributed by atoms with van der Waals surface area (Å²) in [6.07, 6.45) is -4.59. The molecule has 0 saturated carbocycles. The number of benzene rings is 3. The third-order valence-electron chi connectivity index (χ3n) is 4.70. The predicted octanol–water partition coefficient (Wildman–Crippen LogP) is 5.85. The average molecular weight is 427 g/mol. The number of hydrogen-bond donors (Lipinski definition) is 1. The van der Waals surface area contributed by atoms with E-state index in [-0.39, 0.29) is 16.9 Å². The monoisotopic (exact) mass is 427 g/mol. The van der Waals surface area contributed by atoms with Crippen molar-refractivity contribution in [2.75, 3.05) is 27.2 Å². The van der Waals surface area contributed by atoms with Crippen LogP contribution in [0.1, 0.15) is 16.7 Å². The van der Waals surface area contributed by atoms with Gasteiger partial charge in [0.15, 0.2) is 0 Å². The van der Waals surface area contributed by atoms with Crippen LogP contribution in [-0.2, 0) is 0 Å². The molecule has 0 aromatic heterocycles. The molecule has 0 heterocycles. The zero-order valence-corrected chi connectivity index (χ0v) is 17.4. The van der Waals surface area contributed by atoms with Gasteiger partial charge in [-0.15, -0.1) is 0 Å². The van der Waals surface area contributed by atoms with Crippen molar-refractivity contribution in [1.82, 2.24) is 4.90 Å². The van der Waals surface area contributed by atoms with Crippen molar-refractivity contribution >= 4 is 11.1 Å². The molecule has 0 radical (unpaired) electrons. The van der Waals surface area contributed by atoms with Crippen LogP contribution in [0.25, 0.3) is 11.1 Å². The minimum atomic E-state index is -4.59. The van der Waals surface area contributed by atoms with Gasteiger partial charge in [-0.05, 0) is 55.1 Å². The van der Waals surface area contributed by atoms with Crippen LogP contribution in [0.4, 0.5) is 13.2 Å². The van der Waals surface area contributed by atoms with Crippen LogP contribution >= 0.6 is 0 Å². The van der Waals surface area contributed by atoms with Crippen molar-refractivity contribution in [3.05, 3.63) is 95.6 Å². The Morgan fingerprint density at radius 3 is 1.87 bits per heavy atom. The van der Waals surface area contributed by atoms with Gasteiger partial charge in [-0.2, -0.15) is 13.2 Å². The van der Waals surface area contributed by atoms with E-state index in [0.717, 1.165) is 6.54 Å². The van der Waals surface area contributed by atoms with Crippen molar-refractivity contribution in [3.63, 3.8) is 0 Å². The number of hydrogen-bond acceptors (Lipinski definition) is 3. The Bertz CT molecular complexity index is 1010. The average Bonchev–Trinajstić information content (AvgIpc) is 2.73. The van der Waals surface area contributed by atoms with E-state index in [1.54, 1.807) is 42.5 Å². The topological polar surface area (TPSA) is 32.7 Å². The summed E-state index contributed by atoms with van der Waals surface area (Å²) in [7, 11) is 3.87. The molecule has 0 saturated heterocycles. The van der Waals surface area contributed by atoms with E-state index in [0.29, 0.717) is 23.5 Å². The van der Waals surface area contributed by atoms with Gasteiger partial charge in [-0.1, -0.05) is 54.6 Å². The molecule has 0 fully saturated rings. The molecule has 0 aliphatic carbocycles. The largest absolute Gasteiger partial charge is 0.508 e. The molecule has 1 N–H and O–H groups in total. The summed E-state index contributed by atoms with van der Waals surface area (Å²) in [5, 5.41) is 9.62. The normalized spacial score (nSPS) is 12.6. The summed E-state index contributed by atoms with van der Waals surface area (Å²) in [6.45, 7) is 1.21. The van der Waals surface area contributed by atoms with Crippen LogP contribution in [0.5, 0.6) is 11.5 Å². The predicted molar refractivity (Wildman–Crippen MR) is 117 cm³/mol. The number of ether oxygens (including phenoxy) is 1. The number of aromatic hydroxyl groups is 1. The van der Waals surface area contributed by atoms with Gasteiger partial charge in [0, 0.05) is 12.1 Å². The lowest BCUT2D eigenvalue weighted by atomic mass is 9.89. The van der Waals surface area contributed by atoms with Crippen LogP contribution in [0.3, 0.4) is 0 Å². The van der Waals surface area contributed by atoms with Crippen LogP contribution < -0.4 is 4.74 Å². The number of phenols is 1. The molecule has 0 amide bonds. The van der Waals surface area contributed by atoms with Gasteiger partial charge in [0.05, 0.1) is 5.57 Å². The SMILES string of the molecule is CN(C)CCOc1ccc(/C(=C(/c2ccccc2)C(F)(F)F)c2ccc(O)cc2)cc1. The molecule has 0 bridgehead atoms. The zero-order chi connectivity index (χ0) is 22.4. The molecule has 3 aromatic rings. The lowest BCUT2D eigenvalue weighted by Crippen LogP contribution is -2.19. The Morgan fingerprint density at radius 2 is 1.35 bits per heavy atom. The Hall–Kier alpha value is -3.25. The Balaban J connectivity index is 2.13. The molecular weight excluding hydrogens is 403 g/mol. The van der Waals surface area contributed by atoms with Crippen molar-refractivity contribution in [2.24, 2.45) is 0 Å². The van der Waals surface area contributed by atoms with Crippen molar-refractivity contribution in [3.8, 4) is 11.5 Å². The van der Waals surface area contributed by atoms with Gasteiger partial charge < -0.3 is 14.7 Å². The smallest absolute Gasteiger partial charge is 0.417 e. The van der Waals surface area contributed by atoms with Gasteiger partial charge in [0.25, 0.3) is 0 Å². The second kappa shape index (κ2) is 9.71. The highest BCUT2D eigenvalue weighted by Gasteiger charge is 2.38. The molecule has 3 nitrogen and oxygen atoms in total. The van der Waals surface area contributed by atoms with Crippen molar-refractivity contribution in [2.45, 2.75) is 6.18 Å². The van der Waals surface area contributed by atoms with Gasteiger partial charge in [-0.25, -0.2) is 0 Å². The molecule has 3 aromatic carbocycles. The highest BCUT2D eigenvalue weighted by Crippen LogP contribution is 2.43. The first-order valence-corrected chi connectivity index (χ1v) is 9.80. The third-order valence-corrected chi connectivity index (χ3v) is 4.70. The second-order valence-corrected chi connectivity index (χ2v) is 7.34. The van der Waals surface area contributed by atoms with Crippen molar-refractivity contribution < 1.29 is 23.0 Å². The first-order valence-electron chi connectivity index (χ1n) is 9.80. The Morgan fingerprint density at radius 1 is 0.806 bits per heavy atom. The van der Waals surface area contributed by atoms with Crippen molar-refractivity contribution in [1.29, 1.82) is 0 Å². The molecule has 162 valence electrons. The second-order valence-electron chi connectivity index (χ2n) is 7.34. The highest BCUT2D eigenvalue weighted by molar-refractivity contribution is 6.00. The van der Waals surface area contributed by atoms with Crippen LogP contribution in [-0.4, -0.2) is 43.4 Å².